The molecular weight excluding hydrogens is 398 g/mol. The molecular formula is C23H25N3O3S. The Morgan fingerprint density at radius 3 is 2.73 bits per heavy atom. The molecule has 0 saturated heterocycles. The van der Waals surface area contributed by atoms with Crippen molar-refractivity contribution in [1.82, 2.24) is 9.97 Å². The number of H-pyrrole nitrogens is 1. The van der Waals surface area contributed by atoms with Crippen molar-refractivity contribution in [2.45, 2.75) is 40.5 Å². The van der Waals surface area contributed by atoms with Crippen LogP contribution in [0.4, 0.5) is 5.69 Å². The first-order chi connectivity index (χ1) is 14.4. The maximum absolute atomic E-state index is 12.3. The number of aryl methyl sites for hydroxylation is 2. The molecule has 1 saturated carbocycles. The standard InChI is InChI=1S/C23H25N3O3S/c1-5-29-23(28)18-12(2)19(24-13(18)3)20-14(4)30-22(26-20)16-7-6-8-17(11-16)25-21(27)15-9-10-15/h6-8,11,15,24H,5,9-10H2,1-4H3,(H,25,27). The Balaban J connectivity index is 1.65. The van der Waals surface area contributed by atoms with Crippen molar-refractivity contribution in [1.29, 1.82) is 0 Å². The minimum absolute atomic E-state index is 0.0899. The van der Waals surface area contributed by atoms with Gasteiger partial charge in [0.05, 0.1) is 17.9 Å². The number of benzene rings is 1. The van der Waals surface area contributed by atoms with Crippen molar-refractivity contribution in [3.05, 3.63) is 46.0 Å². The minimum atomic E-state index is -0.317. The number of nitrogens with one attached hydrogen (secondary N) is 2. The number of carbonyl (C=O) groups is 2. The van der Waals surface area contributed by atoms with Crippen LogP contribution in [0.5, 0.6) is 0 Å². The molecule has 30 heavy (non-hydrogen) atoms. The Morgan fingerprint density at radius 1 is 1.27 bits per heavy atom. The summed E-state index contributed by atoms with van der Waals surface area (Å²) in [5, 5.41) is 3.86. The molecule has 1 amide bonds. The van der Waals surface area contributed by atoms with E-state index in [0.717, 1.165) is 56.6 Å². The lowest BCUT2D eigenvalue weighted by Gasteiger charge is -2.05. The third kappa shape index (κ3) is 3.89. The Morgan fingerprint density at radius 2 is 2.03 bits per heavy atom. The van der Waals surface area contributed by atoms with Crippen molar-refractivity contribution >= 4 is 28.9 Å². The van der Waals surface area contributed by atoms with E-state index in [2.05, 4.69) is 10.3 Å². The number of hydrogen-bond acceptors (Lipinski definition) is 5. The van der Waals surface area contributed by atoms with Gasteiger partial charge in [-0.15, -0.1) is 11.3 Å². The Hall–Kier alpha value is -2.93. The Kier molecular flexibility index (Phi) is 5.47. The molecule has 1 aromatic carbocycles. The molecule has 156 valence electrons. The summed E-state index contributed by atoms with van der Waals surface area (Å²) in [4.78, 5) is 33.6. The lowest BCUT2D eigenvalue weighted by Crippen LogP contribution is -2.13. The molecule has 1 aliphatic rings. The molecule has 1 aliphatic carbocycles. The van der Waals surface area contributed by atoms with E-state index in [9.17, 15) is 9.59 Å². The number of hydrogen-bond donors (Lipinski definition) is 2. The number of thiazole rings is 1. The molecule has 2 N–H and O–H groups in total. The van der Waals surface area contributed by atoms with E-state index in [0.29, 0.717) is 12.2 Å². The smallest absolute Gasteiger partial charge is 0.340 e. The fourth-order valence-corrected chi connectivity index (χ4v) is 4.48. The van der Waals surface area contributed by atoms with Crippen LogP contribution in [0.2, 0.25) is 0 Å². The first-order valence-electron chi connectivity index (χ1n) is 10.1. The Labute approximate surface area is 179 Å². The van der Waals surface area contributed by atoms with Gasteiger partial charge in [0, 0.05) is 27.7 Å². The second kappa shape index (κ2) is 8.07. The molecule has 2 aromatic heterocycles. The summed E-state index contributed by atoms with van der Waals surface area (Å²) in [6.45, 7) is 7.95. The fourth-order valence-electron chi connectivity index (χ4n) is 3.57. The van der Waals surface area contributed by atoms with Gasteiger partial charge in [-0.25, -0.2) is 9.78 Å². The number of aromatic nitrogens is 2. The largest absolute Gasteiger partial charge is 0.462 e. The van der Waals surface area contributed by atoms with Crippen LogP contribution in [0.15, 0.2) is 24.3 Å². The molecule has 0 spiro atoms. The molecule has 0 atom stereocenters. The number of esters is 1. The summed E-state index contributed by atoms with van der Waals surface area (Å²) in [7, 11) is 0. The zero-order valence-corrected chi connectivity index (χ0v) is 18.4. The van der Waals surface area contributed by atoms with E-state index in [1.807, 2.05) is 45.0 Å². The molecule has 6 nitrogen and oxygen atoms in total. The summed E-state index contributed by atoms with van der Waals surface area (Å²) in [5.74, 6) is -0.0654. The molecule has 0 bridgehead atoms. The average molecular weight is 424 g/mol. The number of anilines is 1. The molecule has 2 heterocycles. The monoisotopic (exact) mass is 423 g/mol. The fraction of sp³-hybridized carbons (Fsp3) is 0.348. The molecule has 0 aliphatic heterocycles. The third-order valence-electron chi connectivity index (χ3n) is 5.28. The zero-order chi connectivity index (χ0) is 21.4. The van der Waals surface area contributed by atoms with Crippen LogP contribution in [0.1, 0.15) is 46.3 Å². The van der Waals surface area contributed by atoms with Crippen LogP contribution < -0.4 is 5.32 Å². The van der Waals surface area contributed by atoms with Gasteiger partial charge >= 0.3 is 5.97 Å². The number of rotatable bonds is 6. The van der Waals surface area contributed by atoms with Gasteiger partial charge in [0.1, 0.15) is 10.7 Å². The van der Waals surface area contributed by atoms with Crippen LogP contribution >= 0.6 is 11.3 Å². The van der Waals surface area contributed by atoms with E-state index in [1.165, 1.54) is 0 Å². The number of carbonyl (C=O) groups excluding carboxylic acids is 2. The highest BCUT2D eigenvalue weighted by molar-refractivity contribution is 7.15. The van der Waals surface area contributed by atoms with Gasteiger partial charge < -0.3 is 15.0 Å². The van der Waals surface area contributed by atoms with Crippen molar-refractivity contribution in [3.63, 3.8) is 0 Å². The van der Waals surface area contributed by atoms with Gasteiger partial charge in [-0.05, 0) is 58.2 Å². The SMILES string of the molecule is CCOC(=O)c1c(C)[nH]c(-c2nc(-c3cccc(NC(=O)C4CC4)c3)sc2C)c1C. The van der Waals surface area contributed by atoms with Gasteiger partial charge in [0.15, 0.2) is 0 Å². The van der Waals surface area contributed by atoms with E-state index >= 15 is 0 Å². The highest BCUT2D eigenvalue weighted by atomic mass is 32.1. The van der Waals surface area contributed by atoms with Gasteiger partial charge in [0.25, 0.3) is 0 Å². The number of nitrogens with zero attached hydrogens (tertiary/aromatic N) is 1. The summed E-state index contributed by atoms with van der Waals surface area (Å²) in [6, 6.07) is 7.78. The normalized spacial score (nSPS) is 13.3. The molecule has 3 aromatic rings. The van der Waals surface area contributed by atoms with Crippen molar-refractivity contribution < 1.29 is 14.3 Å². The number of ether oxygens (including phenoxy) is 1. The topological polar surface area (TPSA) is 84.1 Å². The quantitative estimate of drug-likeness (QED) is 0.530. The second-order valence-electron chi connectivity index (χ2n) is 7.61. The lowest BCUT2D eigenvalue weighted by molar-refractivity contribution is -0.117. The highest BCUT2D eigenvalue weighted by Gasteiger charge is 2.29. The van der Waals surface area contributed by atoms with Crippen LogP contribution in [0, 0.1) is 26.7 Å². The van der Waals surface area contributed by atoms with E-state index in [-0.39, 0.29) is 17.8 Å². The van der Waals surface area contributed by atoms with E-state index in [4.69, 9.17) is 9.72 Å². The van der Waals surface area contributed by atoms with Crippen LogP contribution in [-0.4, -0.2) is 28.5 Å². The minimum Gasteiger partial charge on any atom is -0.462 e. The summed E-state index contributed by atoms with van der Waals surface area (Å²) < 4.78 is 5.20. The number of aromatic amines is 1. The first kappa shape index (κ1) is 20.3. The summed E-state index contributed by atoms with van der Waals surface area (Å²) in [5.41, 5.74) is 5.61. The van der Waals surface area contributed by atoms with Gasteiger partial charge in [-0.2, -0.15) is 0 Å². The zero-order valence-electron chi connectivity index (χ0n) is 17.6. The predicted octanol–water partition coefficient (Wildman–Crippen LogP) is 5.26. The first-order valence-corrected chi connectivity index (χ1v) is 11.0. The Bertz CT molecular complexity index is 1120. The predicted molar refractivity (Wildman–Crippen MR) is 119 cm³/mol. The third-order valence-corrected chi connectivity index (χ3v) is 6.30. The molecule has 1 fully saturated rings. The molecule has 4 rings (SSSR count). The van der Waals surface area contributed by atoms with Crippen molar-refractivity contribution in [3.8, 4) is 22.0 Å². The van der Waals surface area contributed by atoms with Crippen molar-refractivity contribution in [2.75, 3.05) is 11.9 Å². The maximum atomic E-state index is 12.3. The summed E-state index contributed by atoms with van der Waals surface area (Å²) >= 11 is 1.59. The van der Waals surface area contributed by atoms with Crippen molar-refractivity contribution in [2.24, 2.45) is 5.92 Å². The van der Waals surface area contributed by atoms with Gasteiger partial charge in [0.2, 0.25) is 5.91 Å². The molecule has 0 unspecified atom stereocenters. The average Bonchev–Trinajstić information content (AvgIpc) is 3.43. The van der Waals surface area contributed by atoms with Crippen LogP contribution in [-0.2, 0) is 9.53 Å². The number of amides is 1. The lowest BCUT2D eigenvalue weighted by atomic mass is 10.1. The summed E-state index contributed by atoms with van der Waals surface area (Å²) in [6.07, 6.45) is 1.95. The maximum Gasteiger partial charge on any atom is 0.340 e. The highest BCUT2D eigenvalue weighted by Crippen LogP contribution is 2.37. The van der Waals surface area contributed by atoms with Crippen LogP contribution in [0.25, 0.3) is 22.0 Å². The molecule has 0 radical (unpaired) electrons. The van der Waals surface area contributed by atoms with Gasteiger partial charge in [-0.3, -0.25) is 4.79 Å². The second-order valence-corrected chi connectivity index (χ2v) is 8.82. The van der Waals surface area contributed by atoms with E-state index < -0.39 is 0 Å². The molecule has 7 heteroatoms. The van der Waals surface area contributed by atoms with Crippen LogP contribution in [0.3, 0.4) is 0 Å². The van der Waals surface area contributed by atoms with Gasteiger partial charge in [-0.1, -0.05) is 12.1 Å². The van der Waals surface area contributed by atoms with E-state index in [1.54, 1.807) is 18.3 Å².